The molecule has 1 saturated heterocycles. The smallest absolute Gasteiger partial charge is 0.255 e. The van der Waals surface area contributed by atoms with Crippen molar-refractivity contribution >= 4 is 5.91 Å². The zero-order chi connectivity index (χ0) is 14.8. The molecule has 1 heterocycles. The van der Waals surface area contributed by atoms with E-state index in [-0.39, 0.29) is 11.3 Å². The summed E-state index contributed by atoms with van der Waals surface area (Å²) in [5.41, 5.74) is -1.14. The Kier molecular flexibility index (Phi) is 5.02. The molecule has 112 valence electrons. The van der Waals surface area contributed by atoms with Gasteiger partial charge in [-0.05, 0) is 39.2 Å². The lowest BCUT2D eigenvalue weighted by Gasteiger charge is -2.42. The fraction of sp³-hybridized carbons (Fsp3) is 0.933. The minimum Gasteiger partial charge on any atom is -0.379 e. The summed E-state index contributed by atoms with van der Waals surface area (Å²) in [7, 11) is 1.96. The number of hydrogen-bond donors (Lipinski definition) is 1. The van der Waals surface area contributed by atoms with Crippen molar-refractivity contribution in [3.05, 3.63) is 0 Å². The molecule has 1 fully saturated rings. The van der Waals surface area contributed by atoms with E-state index >= 15 is 0 Å². The molecule has 0 aliphatic carbocycles. The number of piperidine rings is 1. The molecule has 0 saturated carbocycles. The topological polar surface area (TPSA) is 43.8 Å². The van der Waals surface area contributed by atoms with Crippen LogP contribution < -0.4 is 0 Å². The zero-order valence-corrected chi connectivity index (χ0v) is 13.4. The first kappa shape index (κ1) is 16.4. The molecule has 1 atom stereocenters. The first-order valence-electron chi connectivity index (χ1n) is 7.27. The molecule has 0 spiro atoms. The fourth-order valence-electron chi connectivity index (χ4n) is 2.53. The van der Waals surface area contributed by atoms with Gasteiger partial charge in [-0.3, -0.25) is 4.79 Å². The maximum Gasteiger partial charge on any atom is 0.255 e. The van der Waals surface area contributed by atoms with Crippen molar-refractivity contribution in [2.24, 2.45) is 5.41 Å². The Bertz CT molecular complexity index is 323. The molecule has 0 unspecified atom stereocenters. The largest absolute Gasteiger partial charge is 0.379 e. The Balaban J connectivity index is 2.76. The third-order valence-corrected chi connectivity index (χ3v) is 3.76. The first-order chi connectivity index (χ1) is 8.55. The predicted octanol–water partition coefficient (Wildman–Crippen LogP) is 1.73. The van der Waals surface area contributed by atoms with E-state index < -0.39 is 5.60 Å². The average Bonchev–Trinajstić information content (AvgIpc) is 2.23. The molecule has 4 nitrogen and oxygen atoms in total. The van der Waals surface area contributed by atoms with Crippen molar-refractivity contribution < 1.29 is 9.90 Å². The van der Waals surface area contributed by atoms with Crippen LogP contribution in [0, 0.1) is 5.41 Å². The highest BCUT2D eigenvalue weighted by molar-refractivity contribution is 5.86. The second-order valence-electron chi connectivity index (χ2n) is 7.43. The lowest BCUT2D eigenvalue weighted by atomic mass is 9.88. The number of hydrogen-bond acceptors (Lipinski definition) is 3. The molecule has 0 aromatic carbocycles. The molecule has 19 heavy (non-hydrogen) atoms. The summed E-state index contributed by atoms with van der Waals surface area (Å²) in [6, 6.07) is 0.329. The van der Waals surface area contributed by atoms with E-state index in [2.05, 4.69) is 34.6 Å². The van der Waals surface area contributed by atoms with Crippen molar-refractivity contribution in [1.29, 1.82) is 0 Å². The molecule has 0 aromatic rings. The first-order valence-corrected chi connectivity index (χ1v) is 7.27. The second-order valence-corrected chi connectivity index (χ2v) is 7.43. The van der Waals surface area contributed by atoms with Gasteiger partial charge in [-0.15, -0.1) is 0 Å². The van der Waals surface area contributed by atoms with Gasteiger partial charge in [0.2, 0.25) is 0 Å². The maximum absolute atomic E-state index is 12.5. The van der Waals surface area contributed by atoms with Crippen LogP contribution in [0.3, 0.4) is 0 Å². The number of likely N-dealkylation sites (N-methyl/N-ethyl adjacent to an activating group) is 1. The van der Waals surface area contributed by atoms with Crippen LogP contribution in [0.1, 0.15) is 47.5 Å². The summed E-state index contributed by atoms with van der Waals surface area (Å²) < 4.78 is 0. The number of carbonyl (C=O) groups is 1. The number of likely N-dealkylation sites (tertiary alicyclic amines) is 1. The normalized spacial score (nSPS) is 25.5. The van der Waals surface area contributed by atoms with Gasteiger partial charge in [-0.25, -0.2) is 0 Å². The van der Waals surface area contributed by atoms with Crippen LogP contribution in [0.4, 0.5) is 0 Å². The lowest BCUT2D eigenvalue weighted by Crippen LogP contribution is -2.59. The van der Waals surface area contributed by atoms with E-state index in [1.165, 1.54) is 0 Å². The van der Waals surface area contributed by atoms with Crippen LogP contribution >= 0.6 is 0 Å². The van der Waals surface area contributed by atoms with Crippen LogP contribution in [-0.2, 0) is 4.79 Å². The van der Waals surface area contributed by atoms with E-state index in [4.69, 9.17) is 0 Å². The quantitative estimate of drug-likeness (QED) is 0.846. The molecular weight excluding hydrogens is 240 g/mol. The summed E-state index contributed by atoms with van der Waals surface area (Å²) in [5, 5.41) is 10.7. The highest BCUT2D eigenvalue weighted by atomic mass is 16.3. The van der Waals surface area contributed by atoms with Gasteiger partial charge in [-0.2, -0.15) is 0 Å². The minimum atomic E-state index is -1.21. The van der Waals surface area contributed by atoms with Gasteiger partial charge in [-0.1, -0.05) is 20.8 Å². The van der Waals surface area contributed by atoms with Gasteiger partial charge in [0.15, 0.2) is 5.60 Å². The number of aliphatic hydroxyl groups is 1. The van der Waals surface area contributed by atoms with Crippen LogP contribution in [0.5, 0.6) is 0 Å². The van der Waals surface area contributed by atoms with E-state index in [1.807, 2.05) is 16.8 Å². The van der Waals surface area contributed by atoms with Gasteiger partial charge in [0.1, 0.15) is 0 Å². The number of nitrogens with zero attached hydrogens (tertiary/aromatic N) is 2. The Morgan fingerprint density at radius 3 is 2.47 bits per heavy atom. The van der Waals surface area contributed by atoms with Crippen LogP contribution in [0.15, 0.2) is 0 Å². The Hall–Kier alpha value is -0.610. The van der Waals surface area contributed by atoms with Gasteiger partial charge >= 0.3 is 0 Å². The van der Waals surface area contributed by atoms with Gasteiger partial charge < -0.3 is 14.9 Å². The highest BCUT2D eigenvalue weighted by Crippen LogP contribution is 2.27. The summed E-state index contributed by atoms with van der Waals surface area (Å²) >= 11 is 0. The molecule has 1 aliphatic rings. The van der Waals surface area contributed by atoms with Crippen LogP contribution in [0.2, 0.25) is 0 Å². The Morgan fingerprint density at radius 2 is 2.00 bits per heavy atom. The van der Waals surface area contributed by atoms with Gasteiger partial charge in [0, 0.05) is 25.7 Å². The summed E-state index contributed by atoms with van der Waals surface area (Å²) in [5.74, 6) is -0.0961. The van der Waals surface area contributed by atoms with Crippen LogP contribution in [0.25, 0.3) is 0 Å². The molecular formula is C15H30N2O2. The van der Waals surface area contributed by atoms with Crippen molar-refractivity contribution in [3.8, 4) is 0 Å². The zero-order valence-electron chi connectivity index (χ0n) is 13.4. The average molecular weight is 270 g/mol. The maximum atomic E-state index is 12.5. The van der Waals surface area contributed by atoms with Crippen LogP contribution in [-0.4, -0.2) is 59.1 Å². The van der Waals surface area contributed by atoms with Crippen molar-refractivity contribution in [3.63, 3.8) is 0 Å². The molecule has 0 aromatic heterocycles. The second kappa shape index (κ2) is 5.80. The lowest BCUT2D eigenvalue weighted by molar-refractivity contribution is -0.161. The summed E-state index contributed by atoms with van der Waals surface area (Å²) in [6.45, 7) is 12.4. The van der Waals surface area contributed by atoms with Gasteiger partial charge in [0.25, 0.3) is 5.91 Å². The van der Waals surface area contributed by atoms with Crippen molar-refractivity contribution in [1.82, 2.24) is 9.80 Å². The van der Waals surface area contributed by atoms with E-state index in [1.54, 1.807) is 0 Å². The number of carbonyl (C=O) groups excluding carboxylic acids is 1. The third kappa shape index (κ3) is 4.46. The summed E-state index contributed by atoms with van der Waals surface area (Å²) in [6.07, 6.45) is 1.45. The summed E-state index contributed by atoms with van der Waals surface area (Å²) in [4.78, 5) is 16.4. The van der Waals surface area contributed by atoms with E-state index in [0.29, 0.717) is 25.6 Å². The predicted molar refractivity (Wildman–Crippen MR) is 78.0 cm³/mol. The third-order valence-electron chi connectivity index (χ3n) is 3.76. The molecule has 1 amide bonds. The fourth-order valence-corrected chi connectivity index (χ4v) is 2.53. The van der Waals surface area contributed by atoms with Gasteiger partial charge in [0.05, 0.1) is 0 Å². The number of rotatable bonds is 4. The standard InChI is InChI=1S/C15H30N2O2/c1-12(2)16(6)11-15(19)8-7-9-17(13(15)18)10-14(3,4)5/h12,19H,7-11H2,1-6H3/t15-/m1/s1. The minimum absolute atomic E-state index is 0.0673. The molecule has 4 heteroatoms. The molecule has 0 radical (unpaired) electrons. The SMILES string of the molecule is CC(C)N(C)C[C@]1(O)CCCN(CC(C)(C)C)C1=O. The monoisotopic (exact) mass is 270 g/mol. The van der Waals surface area contributed by atoms with Crippen molar-refractivity contribution in [2.75, 3.05) is 26.7 Å². The Labute approximate surface area is 117 Å². The Morgan fingerprint density at radius 1 is 1.42 bits per heavy atom. The highest BCUT2D eigenvalue weighted by Gasteiger charge is 2.43. The molecule has 1 N–H and O–H groups in total. The molecule has 1 aliphatic heterocycles. The van der Waals surface area contributed by atoms with Crippen molar-refractivity contribution in [2.45, 2.75) is 59.1 Å². The van der Waals surface area contributed by atoms with E-state index in [0.717, 1.165) is 13.0 Å². The number of amides is 1. The van der Waals surface area contributed by atoms with E-state index in [9.17, 15) is 9.90 Å². The molecule has 1 rings (SSSR count). The molecule has 0 bridgehead atoms.